The molecule has 2 nitrogen and oxygen atoms in total. The van der Waals surface area contributed by atoms with Gasteiger partial charge in [0.25, 0.3) is 0 Å². The van der Waals surface area contributed by atoms with Gasteiger partial charge in [0.1, 0.15) is 0 Å². The van der Waals surface area contributed by atoms with Crippen LogP contribution in [-0.4, -0.2) is 20.1 Å². The van der Waals surface area contributed by atoms with Crippen LogP contribution in [0.5, 0.6) is 0 Å². The van der Waals surface area contributed by atoms with Crippen LogP contribution in [0, 0.1) is 5.92 Å². The molecule has 1 heterocycles. The Morgan fingerprint density at radius 1 is 1.57 bits per heavy atom. The van der Waals surface area contributed by atoms with Gasteiger partial charge in [-0.2, -0.15) is 0 Å². The van der Waals surface area contributed by atoms with Gasteiger partial charge in [-0.05, 0) is 53.5 Å². The van der Waals surface area contributed by atoms with Gasteiger partial charge >= 0.3 is 0 Å². The number of hydrogen-bond acceptors (Lipinski definition) is 2. The van der Waals surface area contributed by atoms with Gasteiger partial charge < -0.3 is 10.6 Å². The Hall–Kier alpha value is -0.540. The van der Waals surface area contributed by atoms with Crippen molar-refractivity contribution in [2.75, 3.05) is 25.5 Å². The third kappa shape index (κ3) is 1.93. The Morgan fingerprint density at radius 2 is 2.43 bits per heavy atom. The zero-order valence-corrected chi connectivity index (χ0v) is 9.89. The minimum absolute atomic E-state index is 0.710. The standard InChI is InChI=1S/C11H15BrN2/c1-13-6-8-5-9-3-2-4-10(12)11(9)14-7-8/h2-4,8,13-14H,5-7H2,1H3. The normalized spacial score (nSPS) is 20.0. The number of fused-ring (bicyclic) bond motifs is 1. The van der Waals surface area contributed by atoms with Crippen LogP contribution in [0.2, 0.25) is 0 Å². The molecule has 3 heteroatoms. The first kappa shape index (κ1) is 9.99. The number of para-hydroxylation sites is 1. The summed E-state index contributed by atoms with van der Waals surface area (Å²) in [5.41, 5.74) is 2.70. The summed E-state index contributed by atoms with van der Waals surface area (Å²) in [5.74, 6) is 0.710. The van der Waals surface area contributed by atoms with Crippen molar-refractivity contribution >= 4 is 21.6 Å². The van der Waals surface area contributed by atoms with E-state index in [1.165, 1.54) is 22.1 Å². The van der Waals surface area contributed by atoms with Crippen molar-refractivity contribution in [1.82, 2.24) is 5.32 Å². The first-order valence-corrected chi connectivity index (χ1v) is 5.76. The maximum atomic E-state index is 3.56. The molecule has 76 valence electrons. The third-order valence-electron chi connectivity index (χ3n) is 2.67. The van der Waals surface area contributed by atoms with Crippen LogP contribution in [0.25, 0.3) is 0 Å². The van der Waals surface area contributed by atoms with E-state index in [-0.39, 0.29) is 0 Å². The number of benzene rings is 1. The molecule has 0 amide bonds. The molecule has 0 fully saturated rings. The number of halogens is 1. The molecule has 0 aromatic heterocycles. The second kappa shape index (κ2) is 4.32. The minimum Gasteiger partial charge on any atom is -0.384 e. The second-order valence-electron chi connectivity index (χ2n) is 3.78. The van der Waals surface area contributed by atoms with Gasteiger partial charge in [0.05, 0.1) is 5.69 Å². The second-order valence-corrected chi connectivity index (χ2v) is 4.64. The van der Waals surface area contributed by atoms with E-state index in [2.05, 4.69) is 44.8 Å². The van der Waals surface area contributed by atoms with Crippen molar-refractivity contribution in [1.29, 1.82) is 0 Å². The summed E-state index contributed by atoms with van der Waals surface area (Å²) in [7, 11) is 2.01. The van der Waals surface area contributed by atoms with E-state index >= 15 is 0 Å². The van der Waals surface area contributed by atoms with Gasteiger partial charge in [-0.1, -0.05) is 12.1 Å². The SMILES string of the molecule is CNCC1CNc2c(Br)cccc2C1. The maximum Gasteiger partial charge on any atom is 0.0517 e. The van der Waals surface area contributed by atoms with E-state index in [9.17, 15) is 0 Å². The fraction of sp³-hybridized carbons (Fsp3) is 0.455. The molecule has 0 radical (unpaired) electrons. The number of hydrogen-bond donors (Lipinski definition) is 2. The van der Waals surface area contributed by atoms with E-state index in [1.807, 2.05) is 7.05 Å². The fourth-order valence-corrected chi connectivity index (χ4v) is 2.55. The van der Waals surface area contributed by atoms with Crippen molar-refractivity contribution in [2.24, 2.45) is 5.92 Å². The molecule has 14 heavy (non-hydrogen) atoms. The lowest BCUT2D eigenvalue weighted by Crippen LogP contribution is -2.31. The Kier molecular flexibility index (Phi) is 3.08. The molecule has 1 atom stereocenters. The minimum atomic E-state index is 0.710. The van der Waals surface area contributed by atoms with Crippen LogP contribution < -0.4 is 10.6 Å². The van der Waals surface area contributed by atoms with E-state index in [0.717, 1.165) is 13.1 Å². The summed E-state index contributed by atoms with van der Waals surface area (Å²) < 4.78 is 1.18. The van der Waals surface area contributed by atoms with Crippen LogP contribution in [0.15, 0.2) is 22.7 Å². The molecule has 0 bridgehead atoms. The van der Waals surface area contributed by atoms with Crippen molar-refractivity contribution in [3.63, 3.8) is 0 Å². The van der Waals surface area contributed by atoms with E-state index in [0.29, 0.717) is 5.92 Å². The lowest BCUT2D eigenvalue weighted by molar-refractivity contribution is 0.508. The molecule has 1 aromatic carbocycles. The largest absolute Gasteiger partial charge is 0.384 e. The predicted octanol–water partition coefficient (Wildman–Crippen LogP) is 2.25. The van der Waals surface area contributed by atoms with Crippen molar-refractivity contribution in [2.45, 2.75) is 6.42 Å². The zero-order chi connectivity index (χ0) is 9.97. The third-order valence-corrected chi connectivity index (χ3v) is 3.33. The van der Waals surface area contributed by atoms with E-state index in [4.69, 9.17) is 0 Å². The Balaban J connectivity index is 2.18. The first-order chi connectivity index (χ1) is 6.81. The Bertz CT molecular complexity index is 325. The molecule has 1 aliphatic heterocycles. The summed E-state index contributed by atoms with van der Waals surface area (Å²) in [5, 5.41) is 6.71. The summed E-state index contributed by atoms with van der Waals surface area (Å²) in [6, 6.07) is 6.39. The van der Waals surface area contributed by atoms with Crippen molar-refractivity contribution in [3.8, 4) is 0 Å². The number of anilines is 1. The highest BCUT2D eigenvalue weighted by atomic mass is 79.9. The fourth-order valence-electron chi connectivity index (χ4n) is 2.00. The lowest BCUT2D eigenvalue weighted by Gasteiger charge is -2.26. The molecule has 0 spiro atoms. The van der Waals surface area contributed by atoms with E-state index < -0.39 is 0 Å². The average molecular weight is 255 g/mol. The van der Waals surface area contributed by atoms with Crippen molar-refractivity contribution in [3.05, 3.63) is 28.2 Å². The molecule has 1 aromatic rings. The molecule has 1 aliphatic rings. The van der Waals surface area contributed by atoms with E-state index in [1.54, 1.807) is 0 Å². The predicted molar refractivity (Wildman–Crippen MR) is 63.8 cm³/mol. The number of rotatable bonds is 2. The van der Waals surface area contributed by atoms with Gasteiger partial charge in [0.2, 0.25) is 0 Å². The topological polar surface area (TPSA) is 24.1 Å². The van der Waals surface area contributed by atoms with Crippen LogP contribution in [0.1, 0.15) is 5.56 Å². The summed E-state index contributed by atoms with van der Waals surface area (Å²) in [6.07, 6.45) is 1.17. The Morgan fingerprint density at radius 3 is 3.21 bits per heavy atom. The monoisotopic (exact) mass is 254 g/mol. The molecule has 1 unspecified atom stereocenters. The van der Waals surface area contributed by atoms with Crippen molar-refractivity contribution < 1.29 is 0 Å². The smallest absolute Gasteiger partial charge is 0.0517 e. The zero-order valence-electron chi connectivity index (χ0n) is 8.31. The summed E-state index contributed by atoms with van der Waals surface area (Å²) in [4.78, 5) is 0. The molecule has 0 aliphatic carbocycles. The van der Waals surface area contributed by atoms with Gasteiger partial charge in [-0.3, -0.25) is 0 Å². The van der Waals surface area contributed by atoms with Crippen LogP contribution in [0.4, 0.5) is 5.69 Å². The van der Waals surface area contributed by atoms with Crippen LogP contribution in [-0.2, 0) is 6.42 Å². The van der Waals surface area contributed by atoms with Gasteiger partial charge in [0, 0.05) is 11.0 Å². The number of nitrogens with one attached hydrogen (secondary N) is 2. The molecule has 0 saturated heterocycles. The Labute approximate surface area is 93.2 Å². The highest BCUT2D eigenvalue weighted by Crippen LogP contribution is 2.31. The van der Waals surface area contributed by atoms with Gasteiger partial charge in [-0.15, -0.1) is 0 Å². The lowest BCUT2D eigenvalue weighted by atomic mass is 9.94. The molecule has 0 saturated carbocycles. The average Bonchev–Trinajstić information content (AvgIpc) is 2.18. The van der Waals surface area contributed by atoms with Crippen LogP contribution in [0.3, 0.4) is 0 Å². The summed E-state index contributed by atoms with van der Waals surface area (Å²) in [6.45, 7) is 2.15. The molecule has 2 N–H and O–H groups in total. The maximum absolute atomic E-state index is 3.56. The highest BCUT2D eigenvalue weighted by molar-refractivity contribution is 9.10. The molecule has 2 rings (SSSR count). The molecular weight excluding hydrogens is 240 g/mol. The quantitative estimate of drug-likeness (QED) is 0.847. The molecular formula is C11H15BrN2. The van der Waals surface area contributed by atoms with Crippen LogP contribution >= 0.6 is 15.9 Å². The summed E-state index contributed by atoms with van der Waals surface area (Å²) >= 11 is 3.56. The van der Waals surface area contributed by atoms with Gasteiger partial charge in [-0.25, -0.2) is 0 Å². The van der Waals surface area contributed by atoms with Gasteiger partial charge in [0.15, 0.2) is 0 Å². The first-order valence-electron chi connectivity index (χ1n) is 4.97. The highest BCUT2D eigenvalue weighted by Gasteiger charge is 2.18.